The van der Waals surface area contributed by atoms with E-state index >= 15 is 0 Å². The Kier molecular flexibility index (Phi) is 5.83. The van der Waals surface area contributed by atoms with Crippen molar-refractivity contribution in [2.75, 3.05) is 36.8 Å². The Morgan fingerprint density at radius 3 is 2.47 bits per heavy atom. The Hall–Kier alpha value is -3.11. The summed E-state index contributed by atoms with van der Waals surface area (Å²) in [5, 5.41) is 5.54. The largest absolute Gasteiger partial charge is 0.479 e. The second-order valence-corrected chi connectivity index (χ2v) is 9.97. The van der Waals surface area contributed by atoms with Crippen molar-refractivity contribution in [3.63, 3.8) is 0 Å². The zero-order valence-corrected chi connectivity index (χ0v) is 19.0. The molecular formula is C22H26N4O5S. The zero-order chi connectivity index (χ0) is 23.0. The predicted molar refractivity (Wildman–Crippen MR) is 120 cm³/mol. The first-order chi connectivity index (χ1) is 15.1. The van der Waals surface area contributed by atoms with Crippen LogP contribution in [0, 0.1) is 13.8 Å². The third-order valence-electron chi connectivity index (χ3n) is 5.80. The molecule has 0 radical (unpaired) electrons. The number of carbonyl (C=O) groups excluding carboxylic acids is 2. The second kappa shape index (κ2) is 8.44. The molecule has 170 valence electrons. The molecule has 2 aromatic rings. The number of nitrogens with zero attached hydrogens (tertiary/aromatic N) is 2. The lowest BCUT2D eigenvalue weighted by molar-refractivity contribution is -0.122. The maximum Gasteiger partial charge on any atom is 0.321 e. The molecule has 2 aliphatic rings. The van der Waals surface area contributed by atoms with Gasteiger partial charge < -0.3 is 20.3 Å². The maximum atomic E-state index is 13.1. The molecule has 2 N–H and O–H groups in total. The van der Waals surface area contributed by atoms with E-state index in [1.807, 2.05) is 32.0 Å². The summed E-state index contributed by atoms with van der Waals surface area (Å²) in [6, 6.07) is 9.87. The van der Waals surface area contributed by atoms with Gasteiger partial charge in [-0.2, -0.15) is 4.31 Å². The summed E-state index contributed by atoms with van der Waals surface area (Å²) in [7, 11) is -3.78. The van der Waals surface area contributed by atoms with Gasteiger partial charge in [0.05, 0.1) is 10.6 Å². The van der Waals surface area contributed by atoms with Gasteiger partial charge in [-0.1, -0.05) is 6.07 Å². The lowest BCUT2D eigenvalue weighted by atomic mass is 10.1. The molecule has 1 unspecified atom stereocenters. The van der Waals surface area contributed by atoms with Crippen molar-refractivity contribution in [2.24, 2.45) is 0 Å². The molecule has 0 spiro atoms. The van der Waals surface area contributed by atoms with Crippen LogP contribution in [0.4, 0.5) is 16.2 Å². The van der Waals surface area contributed by atoms with E-state index in [1.54, 1.807) is 17.9 Å². The average molecular weight is 459 g/mol. The molecule has 1 saturated heterocycles. The quantitative estimate of drug-likeness (QED) is 0.735. The molecule has 3 amide bonds. The van der Waals surface area contributed by atoms with Crippen LogP contribution in [0.1, 0.15) is 18.1 Å². The van der Waals surface area contributed by atoms with Crippen molar-refractivity contribution < 1.29 is 22.7 Å². The summed E-state index contributed by atoms with van der Waals surface area (Å²) in [6.07, 6.45) is -0.631. The fourth-order valence-electron chi connectivity index (χ4n) is 3.65. The molecule has 0 saturated carbocycles. The third-order valence-corrected chi connectivity index (χ3v) is 7.70. The molecule has 32 heavy (non-hydrogen) atoms. The molecule has 2 heterocycles. The minimum absolute atomic E-state index is 0.0720. The number of urea groups is 1. The van der Waals surface area contributed by atoms with Crippen molar-refractivity contribution >= 4 is 33.3 Å². The van der Waals surface area contributed by atoms with Gasteiger partial charge in [0.15, 0.2) is 6.10 Å². The fraction of sp³-hybridized carbons (Fsp3) is 0.364. The van der Waals surface area contributed by atoms with Crippen LogP contribution in [-0.2, 0) is 14.8 Å². The van der Waals surface area contributed by atoms with Crippen LogP contribution in [-0.4, -0.2) is 61.8 Å². The minimum Gasteiger partial charge on any atom is -0.479 e. The summed E-state index contributed by atoms with van der Waals surface area (Å²) in [5.41, 5.74) is 3.27. The monoisotopic (exact) mass is 458 g/mol. The highest BCUT2D eigenvalue weighted by Gasteiger charge is 2.32. The predicted octanol–water partition coefficient (Wildman–Crippen LogP) is 2.56. The van der Waals surface area contributed by atoms with E-state index in [0.29, 0.717) is 17.1 Å². The Morgan fingerprint density at radius 2 is 1.78 bits per heavy atom. The van der Waals surface area contributed by atoms with Crippen molar-refractivity contribution in [1.82, 2.24) is 9.21 Å². The van der Waals surface area contributed by atoms with Crippen molar-refractivity contribution in [3.05, 3.63) is 47.5 Å². The minimum atomic E-state index is -3.78. The van der Waals surface area contributed by atoms with Gasteiger partial charge >= 0.3 is 6.03 Å². The third kappa shape index (κ3) is 4.28. The Labute approximate surface area is 187 Å². The number of aryl methyl sites for hydroxylation is 2. The van der Waals surface area contributed by atoms with E-state index in [0.717, 1.165) is 11.1 Å². The number of ether oxygens (including phenoxy) is 1. The van der Waals surface area contributed by atoms with Gasteiger partial charge in [-0.05, 0) is 62.2 Å². The molecule has 0 aromatic heterocycles. The van der Waals surface area contributed by atoms with Gasteiger partial charge in [0.25, 0.3) is 5.91 Å². The Bertz CT molecular complexity index is 1170. The van der Waals surface area contributed by atoms with Crippen molar-refractivity contribution in [1.29, 1.82) is 0 Å². The second-order valence-electron chi connectivity index (χ2n) is 8.03. The van der Waals surface area contributed by atoms with E-state index in [-0.39, 0.29) is 43.0 Å². The molecule has 2 aliphatic heterocycles. The number of fused-ring (bicyclic) bond motifs is 1. The number of rotatable bonds is 3. The summed E-state index contributed by atoms with van der Waals surface area (Å²) >= 11 is 0. The number of carbonyl (C=O) groups is 2. The van der Waals surface area contributed by atoms with E-state index in [9.17, 15) is 18.0 Å². The number of hydrogen-bond donors (Lipinski definition) is 2. The van der Waals surface area contributed by atoms with Crippen molar-refractivity contribution in [2.45, 2.75) is 31.8 Å². The highest BCUT2D eigenvalue weighted by molar-refractivity contribution is 7.89. The van der Waals surface area contributed by atoms with E-state index < -0.39 is 16.1 Å². The van der Waals surface area contributed by atoms with Gasteiger partial charge in [-0.3, -0.25) is 4.79 Å². The summed E-state index contributed by atoms with van der Waals surface area (Å²) in [6.45, 7) is 6.52. The first kappa shape index (κ1) is 22.1. The van der Waals surface area contributed by atoms with Gasteiger partial charge in [-0.25, -0.2) is 13.2 Å². The summed E-state index contributed by atoms with van der Waals surface area (Å²) in [4.78, 5) is 26.1. The molecule has 4 rings (SSSR count). The summed E-state index contributed by atoms with van der Waals surface area (Å²) in [5.74, 6) is 0.110. The van der Waals surface area contributed by atoms with Gasteiger partial charge in [0, 0.05) is 31.9 Å². The van der Waals surface area contributed by atoms with E-state index in [2.05, 4.69) is 10.6 Å². The van der Waals surface area contributed by atoms with E-state index in [4.69, 9.17) is 4.74 Å². The van der Waals surface area contributed by atoms with Crippen LogP contribution in [0.2, 0.25) is 0 Å². The highest BCUT2D eigenvalue weighted by Crippen LogP contribution is 2.33. The van der Waals surface area contributed by atoms with Crippen LogP contribution in [0.15, 0.2) is 41.3 Å². The average Bonchev–Trinajstić information content (AvgIpc) is 2.77. The topological polar surface area (TPSA) is 108 Å². The molecule has 2 aromatic carbocycles. The van der Waals surface area contributed by atoms with Crippen LogP contribution in [0.5, 0.6) is 5.75 Å². The van der Waals surface area contributed by atoms with Crippen LogP contribution in [0.25, 0.3) is 0 Å². The number of hydrogen-bond acceptors (Lipinski definition) is 5. The number of nitrogens with one attached hydrogen (secondary N) is 2. The number of benzene rings is 2. The number of piperazine rings is 1. The zero-order valence-electron chi connectivity index (χ0n) is 18.2. The Morgan fingerprint density at radius 1 is 1.06 bits per heavy atom. The molecular weight excluding hydrogens is 432 g/mol. The molecule has 10 heteroatoms. The maximum absolute atomic E-state index is 13.1. The standard InChI is InChI=1S/C22H26N4O5S/c1-14-4-5-17(12-15(14)2)23-22(28)25-8-10-26(11-9-25)32(29,30)18-6-7-20-19(13-18)24-21(27)16(3)31-20/h4-7,12-13,16H,8-11H2,1-3H3,(H,23,28)(H,24,27). The van der Waals surface area contributed by atoms with Crippen LogP contribution in [0.3, 0.4) is 0 Å². The number of anilines is 2. The molecule has 1 fully saturated rings. The normalized spacial score (nSPS) is 19.0. The SMILES string of the molecule is Cc1ccc(NC(=O)N2CCN(S(=O)(=O)c3ccc4c(c3)NC(=O)C(C)O4)CC2)cc1C. The van der Waals surface area contributed by atoms with Gasteiger partial charge in [0.1, 0.15) is 5.75 Å². The first-order valence-corrected chi connectivity index (χ1v) is 11.8. The van der Waals surface area contributed by atoms with Crippen LogP contribution < -0.4 is 15.4 Å². The van der Waals surface area contributed by atoms with Gasteiger partial charge in [0.2, 0.25) is 10.0 Å². The fourth-order valence-corrected chi connectivity index (χ4v) is 5.10. The van der Waals surface area contributed by atoms with Crippen molar-refractivity contribution in [3.8, 4) is 5.75 Å². The van der Waals surface area contributed by atoms with Gasteiger partial charge in [-0.15, -0.1) is 0 Å². The first-order valence-electron chi connectivity index (χ1n) is 10.4. The van der Waals surface area contributed by atoms with E-state index in [1.165, 1.54) is 16.4 Å². The number of amides is 3. The lowest BCUT2D eigenvalue weighted by Gasteiger charge is -2.34. The molecule has 1 atom stereocenters. The molecule has 9 nitrogen and oxygen atoms in total. The lowest BCUT2D eigenvalue weighted by Crippen LogP contribution is -2.51. The highest BCUT2D eigenvalue weighted by atomic mass is 32.2. The summed E-state index contributed by atoms with van der Waals surface area (Å²) < 4.78 is 33.1. The molecule has 0 bridgehead atoms. The van der Waals surface area contributed by atoms with Crippen LogP contribution >= 0.6 is 0 Å². The smallest absolute Gasteiger partial charge is 0.321 e. The number of sulfonamides is 1. The molecule has 0 aliphatic carbocycles. The Balaban J connectivity index is 1.41.